The van der Waals surface area contributed by atoms with Crippen molar-refractivity contribution >= 4 is 0 Å². The van der Waals surface area contributed by atoms with Crippen molar-refractivity contribution < 1.29 is 50.0 Å². The number of methoxy groups -OCH3 is 1. The third-order valence-electron chi connectivity index (χ3n) is 4.17. The summed E-state index contributed by atoms with van der Waals surface area (Å²) in [5.41, 5.74) is 0.254. The summed E-state index contributed by atoms with van der Waals surface area (Å²) in [6.45, 7) is -1.22. The lowest BCUT2D eigenvalue weighted by Gasteiger charge is -2.39. The predicted molar refractivity (Wildman–Crippen MR) is 85.4 cm³/mol. The van der Waals surface area contributed by atoms with Crippen LogP contribution in [0.2, 0.25) is 0 Å². The summed E-state index contributed by atoms with van der Waals surface area (Å²) in [6.07, 6.45) is -9.92. The molecule has 2 rings (SSSR count). The summed E-state index contributed by atoms with van der Waals surface area (Å²) in [4.78, 5) is 0. The Kier molecular flexibility index (Phi) is 7.15. The van der Waals surface area contributed by atoms with Gasteiger partial charge in [-0.3, -0.25) is 0 Å². The maximum atomic E-state index is 10.0. The van der Waals surface area contributed by atoms with Crippen molar-refractivity contribution in [2.75, 3.05) is 20.3 Å². The molecule has 1 aliphatic rings. The number of aliphatic hydroxyl groups excluding tert-OH is 7. The van der Waals surface area contributed by atoms with Crippen LogP contribution < -0.4 is 9.47 Å². The molecule has 7 N–H and O–H groups in total. The molecular weight excluding hydrogens is 352 g/mol. The number of hydrogen-bond donors (Lipinski definition) is 7. The molecule has 0 saturated carbocycles. The summed E-state index contributed by atoms with van der Waals surface area (Å²) in [7, 11) is 1.33. The molecule has 0 radical (unpaired) electrons. The van der Waals surface area contributed by atoms with Crippen molar-refractivity contribution in [2.45, 2.75) is 42.9 Å². The first-order valence-corrected chi connectivity index (χ1v) is 7.96. The molecule has 26 heavy (non-hydrogen) atoms. The third-order valence-corrected chi connectivity index (χ3v) is 4.17. The van der Waals surface area contributed by atoms with Crippen LogP contribution in [0.4, 0.5) is 0 Å². The average molecular weight is 376 g/mol. The van der Waals surface area contributed by atoms with E-state index in [9.17, 15) is 30.6 Å². The fourth-order valence-corrected chi connectivity index (χ4v) is 2.58. The third kappa shape index (κ3) is 4.24. The van der Waals surface area contributed by atoms with Crippen molar-refractivity contribution in [1.29, 1.82) is 0 Å². The molecule has 1 saturated heterocycles. The Morgan fingerprint density at radius 3 is 2.31 bits per heavy atom. The predicted octanol–water partition coefficient (Wildman–Crippen LogP) is -2.74. The molecule has 0 aromatic heterocycles. The van der Waals surface area contributed by atoms with Crippen LogP contribution in [0.3, 0.4) is 0 Å². The van der Waals surface area contributed by atoms with Gasteiger partial charge in [-0.05, 0) is 17.7 Å². The Balaban J connectivity index is 2.20. The lowest BCUT2D eigenvalue weighted by molar-refractivity contribution is -0.277. The van der Waals surface area contributed by atoms with Crippen molar-refractivity contribution in [3.63, 3.8) is 0 Å². The van der Waals surface area contributed by atoms with Crippen LogP contribution >= 0.6 is 0 Å². The topological polar surface area (TPSA) is 169 Å². The Morgan fingerprint density at radius 1 is 1.04 bits per heavy atom. The van der Waals surface area contributed by atoms with Crippen LogP contribution in [0.15, 0.2) is 18.2 Å². The summed E-state index contributed by atoms with van der Waals surface area (Å²) in [5, 5.41) is 67.1. The zero-order valence-corrected chi connectivity index (χ0v) is 14.0. The van der Waals surface area contributed by atoms with Crippen molar-refractivity contribution in [2.24, 2.45) is 0 Å². The van der Waals surface area contributed by atoms with Gasteiger partial charge in [0.25, 0.3) is 0 Å². The summed E-state index contributed by atoms with van der Waals surface area (Å²) in [6, 6.07) is 4.15. The van der Waals surface area contributed by atoms with E-state index in [4.69, 9.17) is 19.3 Å². The lowest BCUT2D eigenvalue weighted by atomic mass is 9.99. The molecule has 0 aliphatic carbocycles. The highest BCUT2D eigenvalue weighted by atomic mass is 16.7. The number of ether oxygens (including phenoxy) is 3. The van der Waals surface area contributed by atoms with Crippen LogP contribution in [0.5, 0.6) is 11.5 Å². The molecule has 148 valence electrons. The first kappa shape index (κ1) is 20.8. The van der Waals surface area contributed by atoms with Gasteiger partial charge < -0.3 is 50.0 Å². The minimum Gasteiger partial charge on any atom is -0.493 e. The maximum absolute atomic E-state index is 10.0. The molecule has 1 aromatic rings. The van der Waals surface area contributed by atoms with Gasteiger partial charge in [0.2, 0.25) is 6.29 Å². The van der Waals surface area contributed by atoms with Gasteiger partial charge in [-0.15, -0.1) is 0 Å². The van der Waals surface area contributed by atoms with E-state index >= 15 is 0 Å². The lowest BCUT2D eigenvalue weighted by Crippen LogP contribution is -2.60. The molecule has 10 heteroatoms. The highest BCUT2D eigenvalue weighted by molar-refractivity contribution is 5.44. The summed E-state index contributed by atoms with van der Waals surface area (Å²) < 4.78 is 15.9. The molecular formula is C16H24O10. The van der Waals surface area contributed by atoms with E-state index in [-0.39, 0.29) is 17.1 Å². The van der Waals surface area contributed by atoms with Crippen LogP contribution in [0, 0.1) is 0 Å². The van der Waals surface area contributed by atoms with Crippen LogP contribution in [-0.4, -0.2) is 92.9 Å². The van der Waals surface area contributed by atoms with Gasteiger partial charge in [-0.25, -0.2) is 0 Å². The molecule has 0 amide bonds. The normalized spacial score (nSPS) is 31.3. The van der Waals surface area contributed by atoms with E-state index < -0.39 is 56.1 Å². The molecule has 0 bridgehead atoms. The van der Waals surface area contributed by atoms with E-state index in [1.807, 2.05) is 0 Å². The largest absolute Gasteiger partial charge is 0.493 e. The van der Waals surface area contributed by atoms with Gasteiger partial charge in [0.05, 0.1) is 20.3 Å². The fourth-order valence-electron chi connectivity index (χ4n) is 2.58. The monoisotopic (exact) mass is 376 g/mol. The number of rotatable bonds is 7. The van der Waals surface area contributed by atoms with Gasteiger partial charge >= 0.3 is 0 Å². The zero-order chi connectivity index (χ0) is 19.4. The number of hydrogen-bond acceptors (Lipinski definition) is 10. The van der Waals surface area contributed by atoms with Gasteiger partial charge in [0.15, 0.2) is 11.5 Å². The highest BCUT2D eigenvalue weighted by Gasteiger charge is 2.45. The molecule has 10 nitrogen and oxygen atoms in total. The minimum atomic E-state index is -1.59. The van der Waals surface area contributed by atoms with Crippen LogP contribution in [0.1, 0.15) is 11.7 Å². The van der Waals surface area contributed by atoms with Gasteiger partial charge in [-0.1, -0.05) is 6.07 Å². The second-order valence-electron chi connectivity index (χ2n) is 5.92. The average Bonchev–Trinajstić information content (AvgIpc) is 2.67. The minimum absolute atomic E-state index is 0.0891. The molecule has 1 fully saturated rings. The second-order valence-corrected chi connectivity index (χ2v) is 5.92. The van der Waals surface area contributed by atoms with E-state index in [2.05, 4.69) is 0 Å². The fraction of sp³-hybridized carbons (Fsp3) is 0.625. The Bertz CT molecular complexity index is 580. The van der Waals surface area contributed by atoms with E-state index in [1.165, 1.54) is 25.3 Å². The molecule has 7 atom stereocenters. The molecule has 7 unspecified atom stereocenters. The molecule has 1 aliphatic heterocycles. The highest BCUT2D eigenvalue weighted by Crippen LogP contribution is 2.34. The Morgan fingerprint density at radius 2 is 1.73 bits per heavy atom. The number of benzene rings is 1. The molecule has 0 spiro atoms. The van der Waals surface area contributed by atoms with Gasteiger partial charge in [-0.2, -0.15) is 0 Å². The summed E-state index contributed by atoms with van der Waals surface area (Å²) in [5.74, 6) is 0.218. The van der Waals surface area contributed by atoms with Gasteiger partial charge in [0.1, 0.15) is 36.6 Å². The number of aliphatic hydroxyl groups is 7. The smallest absolute Gasteiger partial charge is 0.229 e. The van der Waals surface area contributed by atoms with E-state index in [0.717, 1.165) is 0 Å². The standard InChI is InChI=1S/C16H24O10/c1-24-10-4-7(12(20)8(19)5-17)2-3-9(10)25-16-15(23)14(22)13(21)11(6-18)26-16/h2-4,8,11-23H,5-6H2,1H3. The van der Waals surface area contributed by atoms with E-state index in [0.29, 0.717) is 0 Å². The van der Waals surface area contributed by atoms with Crippen molar-refractivity contribution in [1.82, 2.24) is 0 Å². The first-order chi connectivity index (χ1) is 12.3. The van der Waals surface area contributed by atoms with Crippen molar-refractivity contribution in [3.8, 4) is 11.5 Å². The van der Waals surface area contributed by atoms with Gasteiger partial charge in [0, 0.05) is 0 Å². The van der Waals surface area contributed by atoms with Crippen LogP contribution in [0.25, 0.3) is 0 Å². The van der Waals surface area contributed by atoms with E-state index in [1.54, 1.807) is 0 Å². The van der Waals surface area contributed by atoms with Crippen LogP contribution in [-0.2, 0) is 4.74 Å². The van der Waals surface area contributed by atoms with Crippen molar-refractivity contribution in [3.05, 3.63) is 23.8 Å². The molecule has 1 aromatic carbocycles. The maximum Gasteiger partial charge on any atom is 0.229 e. The quantitative estimate of drug-likeness (QED) is 0.265. The Labute approximate surface area is 149 Å². The second kappa shape index (κ2) is 8.93. The first-order valence-electron chi connectivity index (χ1n) is 7.96. The SMILES string of the molecule is COc1cc(C(O)C(O)CO)ccc1OC1OC(CO)C(O)C(O)C1O. The zero-order valence-electron chi connectivity index (χ0n) is 14.0. The Hall–Kier alpha value is -1.50. The summed E-state index contributed by atoms with van der Waals surface area (Å²) >= 11 is 0. The molecule has 1 heterocycles.